The van der Waals surface area contributed by atoms with Gasteiger partial charge in [0.1, 0.15) is 23.5 Å². The Morgan fingerprint density at radius 1 is 1.02 bits per heavy atom. The number of alkyl halides is 6. The third-order valence-electron chi connectivity index (χ3n) is 8.53. The lowest BCUT2D eigenvalue weighted by molar-refractivity contribution is -0.161. The van der Waals surface area contributed by atoms with Crippen LogP contribution in [-0.2, 0) is 20.2 Å². The van der Waals surface area contributed by atoms with Crippen molar-refractivity contribution in [3.8, 4) is 11.5 Å². The Labute approximate surface area is 286 Å². The van der Waals surface area contributed by atoms with Gasteiger partial charge in [0.05, 0.1) is 16.4 Å². The van der Waals surface area contributed by atoms with Crippen LogP contribution in [0.3, 0.4) is 0 Å². The summed E-state index contributed by atoms with van der Waals surface area (Å²) in [7, 11) is -3.87. The molecule has 15 heteroatoms. The van der Waals surface area contributed by atoms with Crippen molar-refractivity contribution in [2.24, 2.45) is 11.7 Å². The van der Waals surface area contributed by atoms with E-state index in [1.54, 1.807) is 18.2 Å². The van der Waals surface area contributed by atoms with Gasteiger partial charge in [0, 0.05) is 41.8 Å². The van der Waals surface area contributed by atoms with Crippen LogP contribution in [0.15, 0.2) is 65.1 Å². The fraction of sp³-hybridized carbons (Fsp3) is 0.400. The maximum Gasteiger partial charge on any atom is 0.416 e. The molecule has 0 spiro atoms. The maximum atomic E-state index is 14.1. The van der Waals surface area contributed by atoms with Crippen molar-refractivity contribution in [1.29, 1.82) is 5.41 Å². The molecule has 5 N–H and O–H groups in total. The number of fused-ring (bicyclic) bond motifs is 2. The molecule has 2 unspecified atom stereocenters. The molecule has 0 amide bonds. The highest BCUT2D eigenvalue weighted by Crippen LogP contribution is 2.49. The van der Waals surface area contributed by atoms with Crippen LogP contribution in [0, 0.1) is 11.3 Å². The van der Waals surface area contributed by atoms with Crippen LogP contribution < -0.4 is 20.5 Å². The van der Waals surface area contributed by atoms with Crippen molar-refractivity contribution < 1.29 is 44.2 Å². The number of hydrogen-bond acceptors (Lipinski definition) is 6. The molecule has 0 saturated carbocycles. The standard InChI is InChI=1S/C35H38F6N4O4S/c1-5-48-12-6-11-44-50(46,47)25-9-7-24(8-10-25)49-27-18-21(33(2,3)4)13-20-16-26-30(32(43)45-31(26)42)29(28(20)27)19-14-22(34(36,37)38)17-23(15-19)35(39,40)41/h7-10,13-14,16-18,23,31,44H,5-6,11-12,15,42H2,1-4H3,(H2,43,45). The summed E-state index contributed by atoms with van der Waals surface area (Å²) in [4.78, 5) is -0.0430. The molecule has 270 valence electrons. The molecule has 5 rings (SSSR count). The molecule has 2 aliphatic rings. The molecule has 0 radical (unpaired) electrons. The largest absolute Gasteiger partial charge is 0.457 e. The number of nitrogens with two attached hydrogens (primary N) is 1. The predicted octanol–water partition coefficient (Wildman–Crippen LogP) is 7.97. The number of rotatable bonds is 10. The normalized spacial score (nSPS) is 18.5. The lowest BCUT2D eigenvalue weighted by atomic mass is 9.79. The average molecular weight is 725 g/mol. The SMILES string of the molecule is CCOCCCNS(=O)(=O)c1ccc(Oc2cc(C(C)(C)C)cc3cc4c(c(C5=CC(C(F)(F)F)=CC(C(F)(F)F)C5)c23)C(=N)NC4N)cc1. The number of hydrogen-bond donors (Lipinski definition) is 4. The molecular formula is C35H38F6N4O4S. The van der Waals surface area contributed by atoms with Gasteiger partial charge in [-0.05, 0) is 84.2 Å². The number of amidine groups is 1. The van der Waals surface area contributed by atoms with Crippen molar-refractivity contribution in [2.45, 2.75) is 69.4 Å². The highest BCUT2D eigenvalue weighted by Gasteiger charge is 2.45. The Bertz CT molecular complexity index is 1960. The van der Waals surface area contributed by atoms with Crippen molar-refractivity contribution in [3.63, 3.8) is 0 Å². The van der Waals surface area contributed by atoms with E-state index in [4.69, 9.17) is 20.6 Å². The molecule has 0 saturated heterocycles. The Balaban J connectivity index is 1.69. The topological polar surface area (TPSA) is 127 Å². The van der Waals surface area contributed by atoms with Crippen molar-refractivity contribution in [1.82, 2.24) is 10.0 Å². The number of allylic oxidation sites excluding steroid dienone is 4. The maximum absolute atomic E-state index is 14.1. The van der Waals surface area contributed by atoms with Crippen LogP contribution in [0.2, 0.25) is 0 Å². The summed E-state index contributed by atoms with van der Waals surface area (Å²) < 4.78 is 124. The highest BCUT2D eigenvalue weighted by molar-refractivity contribution is 7.89. The van der Waals surface area contributed by atoms with Gasteiger partial charge in [-0.3, -0.25) is 5.41 Å². The minimum Gasteiger partial charge on any atom is -0.457 e. The number of sulfonamides is 1. The second-order valence-electron chi connectivity index (χ2n) is 13.2. The van der Waals surface area contributed by atoms with Gasteiger partial charge in [-0.15, -0.1) is 0 Å². The molecule has 1 aliphatic carbocycles. The Kier molecular flexibility index (Phi) is 10.2. The van der Waals surface area contributed by atoms with Gasteiger partial charge in [0.25, 0.3) is 0 Å². The molecule has 3 aromatic rings. The van der Waals surface area contributed by atoms with E-state index in [0.717, 1.165) is 5.56 Å². The summed E-state index contributed by atoms with van der Waals surface area (Å²) >= 11 is 0. The third-order valence-corrected chi connectivity index (χ3v) is 10.0. The van der Waals surface area contributed by atoms with Gasteiger partial charge >= 0.3 is 12.4 Å². The molecule has 0 bridgehead atoms. The molecule has 1 heterocycles. The Morgan fingerprint density at radius 3 is 2.30 bits per heavy atom. The van der Waals surface area contributed by atoms with Crippen LogP contribution >= 0.6 is 0 Å². The van der Waals surface area contributed by atoms with Gasteiger partial charge in [-0.1, -0.05) is 32.9 Å². The molecule has 0 fully saturated rings. The summed E-state index contributed by atoms with van der Waals surface area (Å²) in [5.74, 6) is -2.45. The fourth-order valence-electron chi connectivity index (χ4n) is 5.97. The van der Waals surface area contributed by atoms with E-state index < -0.39 is 51.9 Å². The molecule has 8 nitrogen and oxygen atoms in total. The summed E-state index contributed by atoms with van der Waals surface area (Å²) in [6, 6.07) is 10.5. The first-order chi connectivity index (χ1) is 23.2. The number of ether oxygens (including phenoxy) is 2. The number of nitrogens with one attached hydrogen (secondary N) is 3. The fourth-order valence-corrected chi connectivity index (χ4v) is 7.05. The van der Waals surface area contributed by atoms with E-state index in [1.807, 2.05) is 27.7 Å². The first-order valence-corrected chi connectivity index (χ1v) is 17.4. The third kappa shape index (κ3) is 7.85. The number of benzene rings is 3. The number of halogens is 6. The van der Waals surface area contributed by atoms with E-state index in [1.165, 1.54) is 24.3 Å². The second kappa shape index (κ2) is 13.7. The quantitative estimate of drug-likeness (QED) is 0.124. The van der Waals surface area contributed by atoms with Gasteiger partial charge in [0.2, 0.25) is 10.0 Å². The zero-order valence-electron chi connectivity index (χ0n) is 27.8. The average Bonchev–Trinajstić information content (AvgIpc) is 3.30. The Morgan fingerprint density at radius 2 is 1.70 bits per heavy atom. The van der Waals surface area contributed by atoms with Crippen molar-refractivity contribution in [2.75, 3.05) is 19.8 Å². The molecule has 50 heavy (non-hydrogen) atoms. The van der Waals surface area contributed by atoms with Gasteiger partial charge < -0.3 is 20.5 Å². The van der Waals surface area contributed by atoms with E-state index in [9.17, 15) is 34.8 Å². The van der Waals surface area contributed by atoms with Crippen LogP contribution in [0.1, 0.15) is 69.0 Å². The van der Waals surface area contributed by atoms with Gasteiger partial charge in [-0.25, -0.2) is 13.1 Å². The summed E-state index contributed by atoms with van der Waals surface area (Å²) in [6.07, 6.45) is -10.5. The minimum absolute atomic E-state index is 0.0297. The molecule has 3 aromatic carbocycles. The molecule has 2 atom stereocenters. The monoisotopic (exact) mass is 724 g/mol. The van der Waals surface area contributed by atoms with Crippen LogP contribution in [0.5, 0.6) is 11.5 Å². The van der Waals surface area contributed by atoms with E-state index >= 15 is 0 Å². The summed E-state index contributed by atoms with van der Waals surface area (Å²) in [6.45, 7) is 8.66. The second-order valence-corrected chi connectivity index (χ2v) is 15.0. The summed E-state index contributed by atoms with van der Waals surface area (Å²) in [5.41, 5.74) is 5.17. The Hall–Kier alpha value is -3.92. The zero-order chi connectivity index (χ0) is 36.8. The smallest absolute Gasteiger partial charge is 0.416 e. The first kappa shape index (κ1) is 37.3. The van der Waals surface area contributed by atoms with E-state index in [-0.39, 0.29) is 56.9 Å². The predicted molar refractivity (Wildman–Crippen MR) is 179 cm³/mol. The lowest BCUT2D eigenvalue weighted by Gasteiger charge is -2.28. The minimum atomic E-state index is -5.08. The van der Waals surface area contributed by atoms with Gasteiger partial charge in [0.15, 0.2) is 0 Å². The highest BCUT2D eigenvalue weighted by atomic mass is 32.2. The van der Waals surface area contributed by atoms with E-state index in [2.05, 4.69) is 10.0 Å². The first-order valence-electron chi connectivity index (χ1n) is 15.9. The van der Waals surface area contributed by atoms with Crippen molar-refractivity contribution >= 4 is 32.2 Å². The summed E-state index contributed by atoms with van der Waals surface area (Å²) in [5, 5.41) is 12.0. The van der Waals surface area contributed by atoms with E-state index in [0.29, 0.717) is 36.7 Å². The van der Waals surface area contributed by atoms with Crippen LogP contribution in [0.25, 0.3) is 16.3 Å². The molecule has 1 aliphatic heterocycles. The lowest BCUT2D eigenvalue weighted by Crippen LogP contribution is -2.27. The van der Waals surface area contributed by atoms with Gasteiger partial charge in [-0.2, -0.15) is 26.3 Å². The molecule has 0 aromatic heterocycles. The van der Waals surface area contributed by atoms with Crippen molar-refractivity contribution in [3.05, 3.63) is 82.4 Å². The molecular weight excluding hydrogens is 686 g/mol. The van der Waals surface area contributed by atoms with Crippen LogP contribution in [-0.4, -0.2) is 46.4 Å². The van der Waals surface area contributed by atoms with Crippen LogP contribution in [0.4, 0.5) is 26.3 Å². The zero-order valence-corrected chi connectivity index (χ0v) is 28.6.